The van der Waals surface area contributed by atoms with E-state index in [0.29, 0.717) is 40.1 Å². The number of carbonyl (C=O) groups excluding carboxylic acids is 2. The van der Waals surface area contributed by atoms with Crippen LogP contribution < -0.4 is 0 Å². The van der Waals surface area contributed by atoms with Gasteiger partial charge in [-0.3, -0.25) is 14.3 Å². The Labute approximate surface area is 172 Å². The van der Waals surface area contributed by atoms with Crippen LogP contribution in [0.1, 0.15) is 59.1 Å². The minimum atomic E-state index is -3.41. The molecule has 0 spiro atoms. The number of ketones is 1. The Kier molecular flexibility index (Phi) is 6.67. The molecule has 8 heteroatoms. The lowest BCUT2D eigenvalue weighted by molar-refractivity contribution is -0.142. The standard InChI is InChI=1S/C21H28N2O5S/c1-12(2)10-23-19(11-28-16(6)24)18(9-22-23)20(25)17-8-13(3)21(29(7,26)27)15(5)14(17)4/h8-9,12H,10-11H2,1-7H3. The molecule has 0 fully saturated rings. The van der Waals surface area contributed by atoms with E-state index in [1.165, 1.54) is 13.1 Å². The summed E-state index contributed by atoms with van der Waals surface area (Å²) in [4.78, 5) is 24.9. The number of rotatable bonds is 7. The van der Waals surface area contributed by atoms with Crippen LogP contribution in [-0.2, 0) is 32.5 Å². The summed E-state index contributed by atoms with van der Waals surface area (Å²) in [5.41, 5.74) is 2.99. The highest BCUT2D eigenvalue weighted by Gasteiger charge is 2.25. The van der Waals surface area contributed by atoms with Crippen LogP contribution in [0, 0.1) is 26.7 Å². The van der Waals surface area contributed by atoms with Crippen LogP contribution >= 0.6 is 0 Å². The molecule has 0 atom stereocenters. The quantitative estimate of drug-likeness (QED) is 0.504. The van der Waals surface area contributed by atoms with E-state index in [1.807, 2.05) is 13.8 Å². The molecular weight excluding hydrogens is 392 g/mol. The zero-order valence-electron chi connectivity index (χ0n) is 18.0. The fourth-order valence-electron chi connectivity index (χ4n) is 3.44. The molecule has 2 rings (SSSR count). The highest BCUT2D eigenvalue weighted by Crippen LogP contribution is 2.28. The van der Waals surface area contributed by atoms with Gasteiger partial charge in [0.15, 0.2) is 15.6 Å². The fourth-order valence-corrected chi connectivity index (χ4v) is 4.79. The highest BCUT2D eigenvalue weighted by molar-refractivity contribution is 7.90. The molecule has 1 aromatic heterocycles. The van der Waals surface area contributed by atoms with Gasteiger partial charge in [-0.2, -0.15) is 5.10 Å². The second kappa shape index (κ2) is 8.49. The number of esters is 1. The molecule has 29 heavy (non-hydrogen) atoms. The van der Waals surface area contributed by atoms with Crippen molar-refractivity contribution in [1.29, 1.82) is 0 Å². The number of ether oxygens (including phenoxy) is 1. The maximum Gasteiger partial charge on any atom is 0.303 e. The predicted molar refractivity (Wildman–Crippen MR) is 110 cm³/mol. The summed E-state index contributed by atoms with van der Waals surface area (Å²) >= 11 is 0. The molecule has 0 N–H and O–H groups in total. The van der Waals surface area contributed by atoms with Crippen molar-refractivity contribution in [3.63, 3.8) is 0 Å². The molecule has 0 aliphatic heterocycles. The number of aryl methyl sites for hydroxylation is 1. The molecule has 0 aliphatic carbocycles. The summed E-state index contributed by atoms with van der Waals surface area (Å²) < 4.78 is 31.1. The van der Waals surface area contributed by atoms with Crippen LogP contribution in [-0.4, -0.2) is 36.2 Å². The van der Waals surface area contributed by atoms with Gasteiger partial charge in [0.2, 0.25) is 0 Å². The van der Waals surface area contributed by atoms with Gasteiger partial charge in [-0.1, -0.05) is 13.8 Å². The van der Waals surface area contributed by atoms with Crippen LogP contribution in [0.5, 0.6) is 0 Å². The third kappa shape index (κ3) is 4.93. The van der Waals surface area contributed by atoms with Crippen LogP contribution in [0.15, 0.2) is 17.2 Å². The van der Waals surface area contributed by atoms with E-state index < -0.39 is 15.8 Å². The smallest absolute Gasteiger partial charge is 0.303 e. The number of hydrogen-bond donors (Lipinski definition) is 0. The molecule has 158 valence electrons. The predicted octanol–water partition coefficient (Wildman–Crippen LogP) is 3.16. The molecule has 0 unspecified atom stereocenters. The van der Waals surface area contributed by atoms with E-state index in [4.69, 9.17) is 4.74 Å². The average Bonchev–Trinajstić information content (AvgIpc) is 2.96. The molecule has 1 heterocycles. The molecule has 7 nitrogen and oxygen atoms in total. The van der Waals surface area contributed by atoms with Gasteiger partial charge in [0.25, 0.3) is 0 Å². The summed E-state index contributed by atoms with van der Waals surface area (Å²) in [5, 5.41) is 4.32. The van der Waals surface area contributed by atoms with Gasteiger partial charge in [-0.15, -0.1) is 0 Å². The Morgan fingerprint density at radius 3 is 2.28 bits per heavy atom. The van der Waals surface area contributed by atoms with Gasteiger partial charge >= 0.3 is 5.97 Å². The maximum absolute atomic E-state index is 13.4. The lowest BCUT2D eigenvalue weighted by Crippen LogP contribution is -2.16. The van der Waals surface area contributed by atoms with Gasteiger partial charge in [0.05, 0.1) is 22.3 Å². The Morgan fingerprint density at radius 2 is 1.76 bits per heavy atom. The first-order valence-corrected chi connectivity index (χ1v) is 11.3. The zero-order chi connectivity index (χ0) is 22.1. The van der Waals surface area contributed by atoms with Crippen molar-refractivity contribution in [2.24, 2.45) is 5.92 Å². The molecule has 0 bridgehead atoms. The van der Waals surface area contributed by atoms with Crippen molar-refractivity contribution in [2.75, 3.05) is 6.26 Å². The minimum absolute atomic E-state index is 0.0540. The minimum Gasteiger partial charge on any atom is -0.459 e. The van der Waals surface area contributed by atoms with Crippen molar-refractivity contribution in [2.45, 2.75) is 59.6 Å². The van der Waals surface area contributed by atoms with Crippen molar-refractivity contribution in [3.8, 4) is 0 Å². The van der Waals surface area contributed by atoms with Crippen molar-refractivity contribution in [1.82, 2.24) is 9.78 Å². The molecule has 0 radical (unpaired) electrons. The van der Waals surface area contributed by atoms with E-state index in [9.17, 15) is 18.0 Å². The van der Waals surface area contributed by atoms with Crippen LogP contribution in [0.4, 0.5) is 0 Å². The Bertz CT molecular complexity index is 1070. The van der Waals surface area contributed by atoms with E-state index >= 15 is 0 Å². The van der Waals surface area contributed by atoms with Crippen LogP contribution in [0.25, 0.3) is 0 Å². The number of sulfone groups is 1. The molecule has 0 saturated carbocycles. The molecule has 0 amide bonds. The third-order valence-electron chi connectivity index (χ3n) is 4.79. The third-order valence-corrected chi connectivity index (χ3v) is 6.15. The van der Waals surface area contributed by atoms with E-state index in [-0.39, 0.29) is 23.2 Å². The average molecular weight is 421 g/mol. The number of benzene rings is 1. The van der Waals surface area contributed by atoms with Crippen molar-refractivity contribution in [3.05, 3.63) is 45.8 Å². The van der Waals surface area contributed by atoms with Gasteiger partial charge in [0, 0.05) is 25.3 Å². The Hall–Kier alpha value is -2.48. The number of carbonyl (C=O) groups is 2. The largest absolute Gasteiger partial charge is 0.459 e. The summed E-state index contributed by atoms with van der Waals surface area (Å²) in [6.07, 6.45) is 2.65. The second-order valence-electron chi connectivity index (χ2n) is 7.78. The second-order valence-corrected chi connectivity index (χ2v) is 9.74. The van der Waals surface area contributed by atoms with Gasteiger partial charge in [0.1, 0.15) is 6.61 Å². The van der Waals surface area contributed by atoms with Gasteiger partial charge in [-0.05, 0) is 49.4 Å². The monoisotopic (exact) mass is 420 g/mol. The fraction of sp³-hybridized carbons (Fsp3) is 0.476. The van der Waals surface area contributed by atoms with Gasteiger partial charge in [-0.25, -0.2) is 8.42 Å². The summed E-state index contributed by atoms with van der Waals surface area (Å²) in [6, 6.07) is 1.61. The van der Waals surface area contributed by atoms with Gasteiger partial charge < -0.3 is 4.74 Å². The molecule has 1 aromatic carbocycles. The first-order chi connectivity index (χ1) is 13.3. The number of aromatic nitrogens is 2. The highest BCUT2D eigenvalue weighted by atomic mass is 32.2. The van der Waals surface area contributed by atoms with Crippen molar-refractivity contribution >= 4 is 21.6 Å². The van der Waals surface area contributed by atoms with E-state index in [2.05, 4.69) is 5.10 Å². The lowest BCUT2D eigenvalue weighted by Gasteiger charge is -2.16. The lowest BCUT2D eigenvalue weighted by atomic mass is 9.94. The molecular formula is C21H28N2O5S. The van der Waals surface area contributed by atoms with E-state index in [1.54, 1.807) is 31.5 Å². The zero-order valence-corrected chi connectivity index (χ0v) is 18.8. The number of hydrogen-bond acceptors (Lipinski definition) is 6. The summed E-state index contributed by atoms with van der Waals surface area (Å²) in [7, 11) is -3.41. The van der Waals surface area contributed by atoms with Crippen LogP contribution in [0.3, 0.4) is 0 Å². The first kappa shape index (κ1) is 22.8. The van der Waals surface area contributed by atoms with Crippen molar-refractivity contribution < 1.29 is 22.7 Å². The summed E-state index contributed by atoms with van der Waals surface area (Å²) in [5.74, 6) is -0.429. The molecule has 0 aliphatic rings. The Morgan fingerprint density at radius 1 is 1.14 bits per heavy atom. The maximum atomic E-state index is 13.4. The topological polar surface area (TPSA) is 95.3 Å². The van der Waals surface area contributed by atoms with E-state index in [0.717, 1.165) is 6.26 Å². The first-order valence-electron chi connectivity index (χ1n) is 9.38. The SMILES string of the molecule is CC(=O)OCc1c(C(=O)c2cc(C)c(S(C)(=O)=O)c(C)c2C)cnn1CC(C)C. The summed E-state index contributed by atoms with van der Waals surface area (Å²) in [6.45, 7) is 11.0. The normalized spacial score (nSPS) is 11.7. The Balaban J connectivity index is 2.60. The number of nitrogens with zero attached hydrogens (tertiary/aromatic N) is 2. The van der Waals surface area contributed by atoms with Crippen LogP contribution in [0.2, 0.25) is 0 Å². The molecule has 0 saturated heterocycles. The molecule has 2 aromatic rings.